The first kappa shape index (κ1) is 18.6. The van der Waals surface area contributed by atoms with Gasteiger partial charge in [-0.1, -0.05) is 6.07 Å². The van der Waals surface area contributed by atoms with Crippen LogP contribution in [0.1, 0.15) is 25.3 Å². The molecular formula is C17H24BrN3O3. The van der Waals surface area contributed by atoms with E-state index in [1.807, 2.05) is 25.1 Å². The zero-order chi connectivity index (χ0) is 17.5. The fraction of sp³-hybridized carbons (Fsp3) is 0.529. The topological polar surface area (TPSA) is 70.7 Å². The molecule has 7 heteroatoms. The van der Waals surface area contributed by atoms with Gasteiger partial charge in [-0.15, -0.1) is 0 Å². The zero-order valence-corrected chi connectivity index (χ0v) is 15.7. The number of aryl methyl sites for hydroxylation is 1. The van der Waals surface area contributed by atoms with E-state index >= 15 is 0 Å². The fourth-order valence-electron chi connectivity index (χ4n) is 2.64. The Kier molecular flexibility index (Phi) is 6.90. The van der Waals surface area contributed by atoms with Crippen LogP contribution >= 0.6 is 15.9 Å². The van der Waals surface area contributed by atoms with Crippen molar-refractivity contribution in [2.24, 2.45) is 0 Å². The molecule has 0 atom stereocenters. The summed E-state index contributed by atoms with van der Waals surface area (Å²) < 4.78 is 5.93. The Labute approximate surface area is 151 Å². The van der Waals surface area contributed by atoms with Crippen molar-refractivity contribution in [3.63, 3.8) is 0 Å². The number of ether oxygens (including phenoxy) is 1. The molecule has 0 aromatic heterocycles. The molecule has 0 aliphatic carbocycles. The van der Waals surface area contributed by atoms with Gasteiger partial charge in [-0.2, -0.15) is 0 Å². The molecule has 2 N–H and O–H groups in total. The van der Waals surface area contributed by atoms with E-state index in [0.29, 0.717) is 19.7 Å². The number of nitrogens with zero attached hydrogens (tertiary/aromatic N) is 1. The van der Waals surface area contributed by atoms with Crippen molar-refractivity contribution in [1.29, 1.82) is 0 Å². The summed E-state index contributed by atoms with van der Waals surface area (Å²) in [6.07, 6.45) is 1.23. The minimum absolute atomic E-state index is 0.0444. The summed E-state index contributed by atoms with van der Waals surface area (Å²) in [6.45, 7) is 5.64. The lowest BCUT2D eigenvalue weighted by Gasteiger charge is -2.31. The SMILES string of the molecule is CCOC(=O)N1CCC(NC(=O)CNc2ccc(C)cc2Br)CC1. The van der Waals surface area contributed by atoms with Gasteiger partial charge in [0.2, 0.25) is 5.91 Å². The van der Waals surface area contributed by atoms with E-state index in [1.165, 1.54) is 0 Å². The van der Waals surface area contributed by atoms with E-state index < -0.39 is 0 Å². The number of benzene rings is 1. The molecule has 0 spiro atoms. The molecule has 0 unspecified atom stereocenters. The average molecular weight is 398 g/mol. The second kappa shape index (κ2) is 8.92. The number of likely N-dealkylation sites (tertiary alicyclic amines) is 1. The summed E-state index contributed by atoms with van der Waals surface area (Å²) in [7, 11) is 0. The monoisotopic (exact) mass is 397 g/mol. The van der Waals surface area contributed by atoms with E-state index in [4.69, 9.17) is 4.74 Å². The minimum atomic E-state index is -0.270. The first-order valence-electron chi connectivity index (χ1n) is 8.20. The van der Waals surface area contributed by atoms with E-state index in [-0.39, 0.29) is 24.6 Å². The molecule has 1 fully saturated rings. The van der Waals surface area contributed by atoms with Crippen LogP contribution in [0.4, 0.5) is 10.5 Å². The minimum Gasteiger partial charge on any atom is -0.450 e. The predicted molar refractivity (Wildman–Crippen MR) is 97.1 cm³/mol. The Bertz CT molecular complexity index is 586. The highest BCUT2D eigenvalue weighted by Crippen LogP contribution is 2.23. The largest absolute Gasteiger partial charge is 0.450 e. The van der Waals surface area contributed by atoms with Crippen molar-refractivity contribution in [3.8, 4) is 0 Å². The Balaban J connectivity index is 1.73. The third kappa shape index (κ3) is 5.40. The molecule has 2 rings (SSSR count). The number of halogens is 1. The zero-order valence-electron chi connectivity index (χ0n) is 14.1. The van der Waals surface area contributed by atoms with Crippen molar-refractivity contribution < 1.29 is 14.3 Å². The Morgan fingerprint density at radius 1 is 1.33 bits per heavy atom. The molecule has 0 radical (unpaired) electrons. The van der Waals surface area contributed by atoms with Crippen LogP contribution in [-0.2, 0) is 9.53 Å². The maximum absolute atomic E-state index is 12.1. The first-order valence-corrected chi connectivity index (χ1v) is 9.00. The average Bonchev–Trinajstić information content (AvgIpc) is 2.55. The molecule has 2 amide bonds. The summed E-state index contributed by atoms with van der Waals surface area (Å²) in [6, 6.07) is 6.05. The molecule has 0 saturated carbocycles. The third-order valence-corrected chi connectivity index (χ3v) is 4.61. The van der Waals surface area contributed by atoms with Crippen LogP contribution in [0.15, 0.2) is 22.7 Å². The van der Waals surface area contributed by atoms with Crippen molar-refractivity contribution in [3.05, 3.63) is 28.2 Å². The molecule has 1 heterocycles. The van der Waals surface area contributed by atoms with E-state index in [9.17, 15) is 9.59 Å². The van der Waals surface area contributed by atoms with Crippen LogP contribution < -0.4 is 10.6 Å². The van der Waals surface area contributed by atoms with Crippen LogP contribution in [0.2, 0.25) is 0 Å². The summed E-state index contributed by atoms with van der Waals surface area (Å²) in [5.74, 6) is -0.0444. The second-order valence-electron chi connectivity index (χ2n) is 5.86. The fourth-order valence-corrected chi connectivity index (χ4v) is 3.27. The van der Waals surface area contributed by atoms with Crippen molar-refractivity contribution in [2.45, 2.75) is 32.7 Å². The standard InChI is InChI=1S/C17H24BrN3O3/c1-3-24-17(23)21-8-6-13(7-9-21)20-16(22)11-19-15-5-4-12(2)10-14(15)18/h4-5,10,13,19H,3,6-9,11H2,1-2H3,(H,20,22). The number of hydrogen-bond donors (Lipinski definition) is 2. The van der Waals surface area contributed by atoms with Gasteiger partial charge in [-0.3, -0.25) is 4.79 Å². The summed E-state index contributed by atoms with van der Waals surface area (Å²) in [4.78, 5) is 25.4. The summed E-state index contributed by atoms with van der Waals surface area (Å²) in [5, 5.41) is 6.15. The van der Waals surface area contributed by atoms with E-state index in [0.717, 1.165) is 28.6 Å². The number of nitrogens with one attached hydrogen (secondary N) is 2. The molecule has 1 saturated heterocycles. The highest BCUT2D eigenvalue weighted by Gasteiger charge is 2.24. The van der Waals surface area contributed by atoms with Gasteiger partial charge in [-0.05, 0) is 60.3 Å². The predicted octanol–water partition coefficient (Wildman–Crippen LogP) is 2.91. The van der Waals surface area contributed by atoms with Crippen molar-refractivity contribution >= 4 is 33.6 Å². The molecule has 1 aromatic rings. The number of rotatable bonds is 5. The highest BCUT2D eigenvalue weighted by molar-refractivity contribution is 9.10. The van der Waals surface area contributed by atoms with Crippen LogP contribution in [0, 0.1) is 6.92 Å². The lowest BCUT2D eigenvalue weighted by Crippen LogP contribution is -2.47. The normalized spacial score (nSPS) is 15.0. The highest BCUT2D eigenvalue weighted by atomic mass is 79.9. The first-order chi connectivity index (χ1) is 11.5. The Morgan fingerprint density at radius 2 is 2.04 bits per heavy atom. The summed E-state index contributed by atoms with van der Waals surface area (Å²) in [5.41, 5.74) is 2.05. The number of hydrogen-bond acceptors (Lipinski definition) is 4. The number of carbonyl (C=O) groups excluding carboxylic acids is 2. The smallest absolute Gasteiger partial charge is 0.409 e. The van der Waals surface area contributed by atoms with Gasteiger partial charge in [0, 0.05) is 29.3 Å². The molecule has 24 heavy (non-hydrogen) atoms. The molecule has 1 aliphatic heterocycles. The Morgan fingerprint density at radius 3 is 2.67 bits per heavy atom. The molecule has 132 valence electrons. The Hall–Kier alpha value is -1.76. The molecule has 6 nitrogen and oxygen atoms in total. The van der Waals surface area contributed by atoms with Gasteiger partial charge in [0.05, 0.1) is 13.2 Å². The van der Waals surface area contributed by atoms with Gasteiger partial charge < -0.3 is 20.3 Å². The van der Waals surface area contributed by atoms with Crippen LogP contribution in [0.3, 0.4) is 0 Å². The van der Waals surface area contributed by atoms with E-state index in [2.05, 4.69) is 26.6 Å². The quantitative estimate of drug-likeness (QED) is 0.800. The van der Waals surface area contributed by atoms with Crippen LogP contribution in [-0.4, -0.2) is 49.2 Å². The summed E-state index contributed by atoms with van der Waals surface area (Å²) >= 11 is 3.49. The van der Waals surface area contributed by atoms with Crippen molar-refractivity contribution in [2.75, 3.05) is 31.6 Å². The van der Waals surface area contributed by atoms with Gasteiger partial charge in [-0.25, -0.2) is 4.79 Å². The van der Waals surface area contributed by atoms with Crippen LogP contribution in [0.5, 0.6) is 0 Å². The number of amides is 2. The lowest BCUT2D eigenvalue weighted by molar-refractivity contribution is -0.120. The number of anilines is 1. The van der Waals surface area contributed by atoms with Crippen LogP contribution in [0.25, 0.3) is 0 Å². The molecule has 0 bridgehead atoms. The van der Waals surface area contributed by atoms with E-state index in [1.54, 1.807) is 11.8 Å². The third-order valence-electron chi connectivity index (χ3n) is 3.95. The molecule has 1 aromatic carbocycles. The van der Waals surface area contributed by atoms with Gasteiger partial charge in [0.15, 0.2) is 0 Å². The maximum Gasteiger partial charge on any atom is 0.409 e. The second-order valence-corrected chi connectivity index (χ2v) is 6.72. The van der Waals surface area contributed by atoms with Gasteiger partial charge in [0.25, 0.3) is 0 Å². The molecular weight excluding hydrogens is 374 g/mol. The maximum atomic E-state index is 12.1. The molecule has 1 aliphatic rings. The lowest BCUT2D eigenvalue weighted by atomic mass is 10.1. The van der Waals surface area contributed by atoms with Gasteiger partial charge >= 0.3 is 6.09 Å². The van der Waals surface area contributed by atoms with Crippen molar-refractivity contribution in [1.82, 2.24) is 10.2 Å². The number of carbonyl (C=O) groups is 2. The van der Waals surface area contributed by atoms with Gasteiger partial charge in [0.1, 0.15) is 0 Å². The number of piperidine rings is 1.